The number of nitrogens with zero attached hydrogens (tertiary/aromatic N) is 2. The largest absolute Gasteiger partial charge is 0.371 e. The van der Waals surface area contributed by atoms with Crippen LogP contribution >= 0.6 is 11.3 Å². The molecule has 0 bridgehead atoms. The molecule has 0 amide bonds. The molecule has 32 heavy (non-hydrogen) atoms. The first-order chi connectivity index (χ1) is 15.8. The Balaban J connectivity index is 1.59. The van der Waals surface area contributed by atoms with Gasteiger partial charge in [-0.3, -0.25) is 9.98 Å². The maximum atomic E-state index is 10.7. The van der Waals surface area contributed by atoms with Crippen LogP contribution in [-0.2, 0) is 0 Å². The van der Waals surface area contributed by atoms with E-state index in [0.717, 1.165) is 42.5 Å². The summed E-state index contributed by atoms with van der Waals surface area (Å²) in [5.74, 6) is 0. The van der Waals surface area contributed by atoms with Crippen molar-refractivity contribution in [3.8, 4) is 0 Å². The Morgan fingerprint density at radius 3 is 2.97 bits per heavy atom. The van der Waals surface area contributed by atoms with Gasteiger partial charge in [0, 0.05) is 29.4 Å². The van der Waals surface area contributed by atoms with Crippen molar-refractivity contribution in [3.63, 3.8) is 0 Å². The maximum absolute atomic E-state index is 10.7. The van der Waals surface area contributed by atoms with Gasteiger partial charge in [-0.05, 0) is 76.6 Å². The van der Waals surface area contributed by atoms with Crippen LogP contribution in [0.15, 0.2) is 93.4 Å². The van der Waals surface area contributed by atoms with Gasteiger partial charge in [0.1, 0.15) is 6.23 Å². The molecule has 1 aromatic heterocycles. The first-order valence-electron chi connectivity index (χ1n) is 11.2. The fraction of sp³-hybridized carbons (Fsp3) is 0.214. The van der Waals surface area contributed by atoms with Crippen LogP contribution in [0.1, 0.15) is 48.1 Å². The summed E-state index contributed by atoms with van der Waals surface area (Å²) in [5.41, 5.74) is 8.08. The summed E-state index contributed by atoms with van der Waals surface area (Å²) in [6.45, 7) is 0. The molecule has 1 aromatic carbocycles. The molecule has 1 atom stereocenters. The topological polar surface area (TPSA) is 45.0 Å². The van der Waals surface area contributed by atoms with E-state index < -0.39 is 6.23 Å². The zero-order valence-electron chi connectivity index (χ0n) is 17.9. The van der Waals surface area contributed by atoms with E-state index in [4.69, 9.17) is 0 Å². The second-order valence-electron chi connectivity index (χ2n) is 8.16. The van der Waals surface area contributed by atoms with Crippen molar-refractivity contribution < 1.29 is 5.11 Å². The van der Waals surface area contributed by atoms with E-state index in [9.17, 15) is 5.11 Å². The lowest BCUT2D eigenvalue weighted by molar-refractivity contribution is 0.191. The van der Waals surface area contributed by atoms with Crippen molar-refractivity contribution in [1.29, 1.82) is 0 Å². The monoisotopic (exact) mass is 438 g/mol. The van der Waals surface area contributed by atoms with Gasteiger partial charge in [-0.2, -0.15) is 0 Å². The van der Waals surface area contributed by atoms with Crippen LogP contribution in [0.5, 0.6) is 0 Å². The molecule has 0 radical (unpaired) electrons. The third-order valence-corrected chi connectivity index (χ3v) is 6.84. The normalized spacial score (nSPS) is 21.0. The van der Waals surface area contributed by atoms with Gasteiger partial charge in [0.2, 0.25) is 0 Å². The minimum atomic E-state index is -0.695. The number of aliphatic hydroxyl groups is 1. The number of hydrogen-bond donors (Lipinski definition) is 1. The minimum absolute atomic E-state index is 0.535. The molecule has 0 saturated carbocycles. The Kier molecular flexibility index (Phi) is 6.24. The summed E-state index contributed by atoms with van der Waals surface area (Å²) in [6, 6.07) is 12.9. The average molecular weight is 439 g/mol. The fourth-order valence-corrected chi connectivity index (χ4v) is 5.22. The number of thiophene rings is 1. The molecule has 0 fully saturated rings. The fourth-order valence-electron chi connectivity index (χ4n) is 4.43. The molecule has 2 aliphatic heterocycles. The molecule has 160 valence electrons. The number of fused-ring (bicyclic) bond motifs is 1. The van der Waals surface area contributed by atoms with Gasteiger partial charge in [-0.25, -0.2) is 0 Å². The number of aliphatic imine (C=N–C) groups is 2. The summed E-state index contributed by atoms with van der Waals surface area (Å²) in [7, 11) is 0. The van der Waals surface area contributed by atoms with Gasteiger partial charge in [-0.1, -0.05) is 54.6 Å². The highest BCUT2D eigenvalue weighted by Crippen LogP contribution is 2.41. The summed E-state index contributed by atoms with van der Waals surface area (Å²) in [6.07, 6.45) is 18.3. The van der Waals surface area contributed by atoms with Crippen LogP contribution in [0.2, 0.25) is 0 Å². The first-order valence-corrected chi connectivity index (χ1v) is 12.1. The standard InChI is InChI=1S/C28H26N2OS/c31-27-18-24(26-12-6-16-32-26)28(23-10-1-2-11-25(23)30-27)22-9-5-8-20(17-22)13-14-21-7-3-4-15-29-19-21/h4-10,12-17,19,27,31H,1-3,11,18H2/b14-13+. The Morgan fingerprint density at radius 2 is 2.06 bits per heavy atom. The predicted molar refractivity (Wildman–Crippen MR) is 137 cm³/mol. The van der Waals surface area contributed by atoms with E-state index in [1.54, 1.807) is 11.3 Å². The molecule has 4 heteroatoms. The van der Waals surface area contributed by atoms with E-state index >= 15 is 0 Å². The smallest absolute Gasteiger partial charge is 0.149 e. The second-order valence-corrected chi connectivity index (χ2v) is 9.11. The lowest BCUT2D eigenvalue weighted by atomic mass is 9.84. The Morgan fingerprint density at radius 1 is 1.09 bits per heavy atom. The molecule has 1 unspecified atom stereocenters. The van der Waals surface area contributed by atoms with Gasteiger partial charge in [0.25, 0.3) is 0 Å². The van der Waals surface area contributed by atoms with E-state index in [2.05, 4.69) is 76.1 Å². The average Bonchev–Trinajstić information content (AvgIpc) is 3.15. The van der Waals surface area contributed by atoms with E-state index in [-0.39, 0.29) is 0 Å². The van der Waals surface area contributed by atoms with Gasteiger partial charge in [-0.15, -0.1) is 11.3 Å². The van der Waals surface area contributed by atoms with Crippen molar-refractivity contribution in [1.82, 2.24) is 0 Å². The van der Waals surface area contributed by atoms with E-state index in [0.29, 0.717) is 6.42 Å². The lowest BCUT2D eigenvalue weighted by Crippen LogP contribution is -2.11. The molecule has 5 rings (SSSR count). The molecule has 3 nitrogen and oxygen atoms in total. The molecule has 1 N–H and O–H groups in total. The Hall–Kier alpha value is -3.08. The Bertz CT molecular complexity index is 1210. The molecular formula is C28H26N2OS. The van der Waals surface area contributed by atoms with Crippen molar-refractivity contribution in [2.75, 3.05) is 0 Å². The number of aliphatic hydroxyl groups excluding tert-OH is 1. The van der Waals surface area contributed by atoms with Crippen molar-refractivity contribution in [3.05, 3.63) is 99.4 Å². The number of hydrogen-bond acceptors (Lipinski definition) is 4. The molecule has 3 aliphatic rings. The van der Waals surface area contributed by atoms with Crippen molar-refractivity contribution in [2.24, 2.45) is 9.98 Å². The SMILES string of the molecule is OC1CC(c2cccs2)=C(c2cccc(/C=C/C3=CCC=CN=C3)c2)C2=CCCCC2=N1. The predicted octanol–water partition coefficient (Wildman–Crippen LogP) is 6.86. The van der Waals surface area contributed by atoms with Gasteiger partial charge < -0.3 is 5.11 Å². The van der Waals surface area contributed by atoms with Crippen LogP contribution in [-0.4, -0.2) is 23.3 Å². The molecule has 2 aromatic rings. The highest BCUT2D eigenvalue weighted by atomic mass is 32.1. The van der Waals surface area contributed by atoms with Crippen molar-refractivity contribution >= 4 is 40.5 Å². The summed E-state index contributed by atoms with van der Waals surface area (Å²) >= 11 is 1.72. The quantitative estimate of drug-likeness (QED) is 0.557. The Labute approximate surface area is 193 Å². The molecular weight excluding hydrogens is 412 g/mol. The number of rotatable bonds is 4. The van der Waals surface area contributed by atoms with Gasteiger partial charge >= 0.3 is 0 Å². The zero-order valence-corrected chi connectivity index (χ0v) is 18.8. The molecule has 0 spiro atoms. The molecule has 1 aliphatic carbocycles. The van der Waals surface area contributed by atoms with Crippen LogP contribution in [0.3, 0.4) is 0 Å². The van der Waals surface area contributed by atoms with Crippen molar-refractivity contribution in [2.45, 2.75) is 38.3 Å². The van der Waals surface area contributed by atoms with Crippen LogP contribution in [0.4, 0.5) is 0 Å². The van der Waals surface area contributed by atoms with Crippen LogP contribution in [0, 0.1) is 0 Å². The lowest BCUT2D eigenvalue weighted by Gasteiger charge is -2.20. The third kappa shape index (κ3) is 4.57. The zero-order chi connectivity index (χ0) is 21.8. The number of benzene rings is 1. The first kappa shape index (κ1) is 20.8. The van der Waals surface area contributed by atoms with Gasteiger partial charge in [0.05, 0.1) is 0 Å². The molecule has 3 heterocycles. The van der Waals surface area contributed by atoms with E-state index in [1.807, 2.05) is 18.5 Å². The highest BCUT2D eigenvalue weighted by Gasteiger charge is 2.27. The summed E-state index contributed by atoms with van der Waals surface area (Å²) in [5, 5.41) is 12.8. The molecule has 0 saturated heterocycles. The highest BCUT2D eigenvalue weighted by molar-refractivity contribution is 7.11. The summed E-state index contributed by atoms with van der Waals surface area (Å²) in [4.78, 5) is 10.2. The van der Waals surface area contributed by atoms with Gasteiger partial charge in [0.15, 0.2) is 0 Å². The summed E-state index contributed by atoms with van der Waals surface area (Å²) < 4.78 is 0. The maximum Gasteiger partial charge on any atom is 0.149 e. The minimum Gasteiger partial charge on any atom is -0.371 e. The third-order valence-electron chi connectivity index (χ3n) is 5.91. The second kappa shape index (κ2) is 9.60. The van der Waals surface area contributed by atoms with Crippen LogP contribution < -0.4 is 0 Å². The van der Waals surface area contributed by atoms with Crippen LogP contribution in [0.25, 0.3) is 17.2 Å². The van der Waals surface area contributed by atoms with E-state index in [1.165, 1.54) is 27.2 Å². The number of allylic oxidation sites excluding steroid dienone is 7.